The second-order valence-electron chi connectivity index (χ2n) is 3.67. The van der Waals surface area contributed by atoms with Gasteiger partial charge in [0.1, 0.15) is 0 Å². The van der Waals surface area contributed by atoms with E-state index in [4.69, 9.17) is 0 Å². The third-order valence-corrected chi connectivity index (χ3v) is 3.23. The Morgan fingerprint density at radius 3 is 3.06 bits per heavy atom. The fourth-order valence-electron chi connectivity index (χ4n) is 1.52. The van der Waals surface area contributed by atoms with E-state index in [2.05, 4.69) is 10.3 Å². The van der Waals surface area contributed by atoms with E-state index >= 15 is 0 Å². The first-order valence-corrected chi connectivity index (χ1v) is 6.17. The zero-order valence-corrected chi connectivity index (χ0v) is 10.2. The maximum absolute atomic E-state index is 11.7. The molecule has 4 heteroatoms. The SMILES string of the molecule is CCCNC(=O)c1ccc2nc(C)sc2c1. The fourth-order valence-corrected chi connectivity index (χ4v) is 2.39. The Bertz CT molecular complexity index is 519. The van der Waals surface area contributed by atoms with Gasteiger partial charge in [-0.3, -0.25) is 4.79 Å². The van der Waals surface area contributed by atoms with E-state index in [1.54, 1.807) is 11.3 Å². The average molecular weight is 234 g/mol. The highest BCUT2D eigenvalue weighted by molar-refractivity contribution is 7.18. The molecule has 0 saturated heterocycles. The van der Waals surface area contributed by atoms with Gasteiger partial charge in [0.05, 0.1) is 15.2 Å². The lowest BCUT2D eigenvalue weighted by atomic mass is 10.2. The fraction of sp³-hybridized carbons (Fsp3) is 0.333. The van der Waals surface area contributed by atoms with Crippen molar-refractivity contribution in [3.05, 3.63) is 28.8 Å². The molecule has 1 aromatic heterocycles. The van der Waals surface area contributed by atoms with Gasteiger partial charge in [-0.2, -0.15) is 0 Å². The minimum atomic E-state index is -0.00481. The number of hydrogen-bond donors (Lipinski definition) is 1. The van der Waals surface area contributed by atoms with Gasteiger partial charge in [-0.25, -0.2) is 4.98 Å². The van der Waals surface area contributed by atoms with Crippen molar-refractivity contribution >= 4 is 27.5 Å². The molecular weight excluding hydrogens is 220 g/mol. The molecule has 0 aliphatic rings. The van der Waals surface area contributed by atoms with E-state index in [0.717, 1.165) is 28.2 Å². The monoisotopic (exact) mass is 234 g/mol. The summed E-state index contributed by atoms with van der Waals surface area (Å²) in [5, 5.41) is 3.89. The number of aryl methyl sites for hydroxylation is 1. The normalized spacial score (nSPS) is 10.6. The molecule has 2 rings (SSSR count). The van der Waals surface area contributed by atoms with Crippen LogP contribution in [0.2, 0.25) is 0 Å². The van der Waals surface area contributed by atoms with Crippen LogP contribution in [0.3, 0.4) is 0 Å². The number of thiazole rings is 1. The van der Waals surface area contributed by atoms with Crippen LogP contribution in [0.4, 0.5) is 0 Å². The number of aromatic nitrogens is 1. The zero-order chi connectivity index (χ0) is 11.5. The van der Waals surface area contributed by atoms with E-state index in [1.807, 2.05) is 32.0 Å². The second kappa shape index (κ2) is 4.61. The van der Waals surface area contributed by atoms with Crippen LogP contribution in [0.25, 0.3) is 10.2 Å². The van der Waals surface area contributed by atoms with Crippen LogP contribution in [0, 0.1) is 6.92 Å². The molecule has 1 aromatic carbocycles. The molecular formula is C12H14N2OS. The number of hydrogen-bond acceptors (Lipinski definition) is 3. The highest BCUT2D eigenvalue weighted by Crippen LogP contribution is 2.22. The van der Waals surface area contributed by atoms with Crippen molar-refractivity contribution < 1.29 is 4.79 Å². The topological polar surface area (TPSA) is 42.0 Å². The molecule has 0 unspecified atom stereocenters. The van der Waals surface area contributed by atoms with E-state index in [-0.39, 0.29) is 5.91 Å². The van der Waals surface area contributed by atoms with Crippen LogP contribution >= 0.6 is 11.3 Å². The van der Waals surface area contributed by atoms with E-state index in [1.165, 1.54) is 0 Å². The zero-order valence-electron chi connectivity index (χ0n) is 9.41. The maximum atomic E-state index is 11.7. The molecule has 0 aliphatic carbocycles. The molecule has 0 atom stereocenters. The average Bonchev–Trinajstić information content (AvgIpc) is 2.64. The summed E-state index contributed by atoms with van der Waals surface area (Å²) in [5.41, 5.74) is 1.68. The molecule has 1 amide bonds. The summed E-state index contributed by atoms with van der Waals surface area (Å²) in [5.74, 6) is -0.00481. The summed E-state index contributed by atoms with van der Waals surface area (Å²) in [7, 11) is 0. The van der Waals surface area contributed by atoms with Gasteiger partial charge < -0.3 is 5.32 Å². The summed E-state index contributed by atoms with van der Waals surface area (Å²) >= 11 is 1.62. The number of benzene rings is 1. The molecule has 1 N–H and O–H groups in total. The van der Waals surface area contributed by atoms with Gasteiger partial charge in [0.15, 0.2) is 0 Å². The Hall–Kier alpha value is -1.42. The van der Waals surface area contributed by atoms with Crippen molar-refractivity contribution in [2.24, 2.45) is 0 Å². The first-order valence-electron chi connectivity index (χ1n) is 5.36. The molecule has 1 heterocycles. The summed E-state index contributed by atoms with van der Waals surface area (Å²) in [6.45, 7) is 4.73. The summed E-state index contributed by atoms with van der Waals surface area (Å²) in [4.78, 5) is 16.1. The largest absolute Gasteiger partial charge is 0.352 e. The summed E-state index contributed by atoms with van der Waals surface area (Å²) in [6, 6.07) is 5.64. The quantitative estimate of drug-likeness (QED) is 0.887. The molecule has 3 nitrogen and oxygen atoms in total. The van der Waals surface area contributed by atoms with Gasteiger partial charge in [-0.15, -0.1) is 11.3 Å². The first-order chi connectivity index (χ1) is 7.70. The van der Waals surface area contributed by atoms with Crippen molar-refractivity contribution in [2.45, 2.75) is 20.3 Å². The lowest BCUT2D eigenvalue weighted by molar-refractivity contribution is 0.0954. The standard InChI is InChI=1S/C12H14N2OS/c1-3-6-13-12(15)9-4-5-10-11(7-9)16-8(2)14-10/h4-5,7H,3,6H2,1-2H3,(H,13,15). The van der Waals surface area contributed by atoms with Crippen molar-refractivity contribution in [1.82, 2.24) is 10.3 Å². The molecule has 0 aliphatic heterocycles. The molecule has 0 spiro atoms. The van der Waals surface area contributed by atoms with E-state index in [9.17, 15) is 4.79 Å². The Labute approximate surface area is 98.5 Å². The van der Waals surface area contributed by atoms with Crippen LogP contribution < -0.4 is 5.32 Å². The number of carbonyl (C=O) groups excluding carboxylic acids is 1. The molecule has 0 fully saturated rings. The molecule has 84 valence electrons. The number of fused-ring (bicyclic) bond motifs is 1. The van der Waals surface area contributed by atoms with Gasteiger partial charge in [-0.05, 0) is 31.5 Å². The highest BCUT2D eigenvalue weighted by Gasteiger charge is 2.07. The highest BCUT2D eigenvalue weighted by atomic mass is 32.1. The number of amides is 1. The van der Waals surface area contributed by atoms with Crippen LogP contribution in [0.5, 0.6) is 0 Å². The molecule has 0 radical (unpaired) electrons. The smallest absolute Gasteiger partial charge is 0.251 e. The first kappa shape index (κ1) is 11.1. The number of rotatable bonds is 3. The maximum Gasteiger partial charge on any atom is 0.251 e. The summed E-state index contributed by atoms with van der Waals surface area (Å²) in [6.07, 6.45) is 0.952. The molecule has 0 bridgehead atoms. The molecule has 2 aromatic rings. The number of nitrogens with zero attached hydrogens (tertiary/aromatic N) is 1. The van der Waals surface area contributed by atoms with Crippen molar-refractivity contribution in [1.29, 1.82) is 0 Å². The van der Waals surface area contributed by atoms with Crippen molar-refractivity contribution in [2.75, 3.05) is 6.54 Å². The van der Waals surface area contributed by atoms with Crippen LogP contribution in [-0.4, -0.2) is 17.4 Å². The van der Waals surface area contributed by atoms with Crippen molar-refractivity contribution in [3.8, 4) is 0 Å². The minimum absolute atomic E-state index is 0.00481. The lowest BCUT2D eigenvalue weighted by Crippen LogP contribution is -2.23. The van der Waals surface area contributed by atoms with E-state index in [0.29, 0.717) is 5.56 Å². The molecule has 0 saturated carbocycles. The predicted molar refractivity (Wildman–Crippen MR) is 67.0 cm³/mol. The van der Waals surface area contributed by atoms with Gasteiger partial charge >= 0.3 is 0 Å². The van der Waals surface area contributed by atoms with E-state index < -0.39 is 0 Å². The minimum Gasteiger partial charge on any atom is -0.352 e. The predicted octanol–water partition coefficient (Wildman–Crippen LogP) is 2.74. The number of nitrogens with one attached hydrogen (secondary N) is 1. The third kappa shape index (κ3) is 2.22. The Balaban J connectivity index is 2.28. The van der Waals surface area contributed by atoms with Crippen LogP contribution in [0.15, 0.2) is 18.2 Å². The van der Waals surface area contributed by atoms with Gasteiger partial charge in [0.2, 0.25) is 0 Å². The summed E-state index contributed by atoms with van der Waals surface area (Å²) < 4.78 is 1.07. The lowest BCUT2D eigenvalue weighted by Gasteiger charge is -2.02. The van der Waals surface area contributed by atoms with Gasteiger partial charge in [-0.1, -0.05) is 6.92 Å². The van der Waals surface area contributed by atoms with Crippen LogP contribution in [0.1, 0.15) is 28.7 Å². The Morgan fingerprint density at radius 1 is 1.50 bits per heavy atom. The Morgan fingerprint density at radius 2 is 2.31 bits per heavy atom. The van der Waals surface area contributed by atoms with Gasteiger partial charge in [0.25, 0.3) is 5.91 Å². The number of carbonyl (C=O) groups is 1. The second-order valence-corrected chi connectivity index (χ2v) is 4.91. The molecule has 16 heavy (non-hydrogen) atoms. The van der Waals surface area contributed by atoms with Crippen molar-refractivity contribution in [3.63, 3.8) is 0 Å². The van der Waals surface area contributed by atoms with Gasteiger partial charge in [0, 0.05) is 12.1 Å². The Kier molecular flexibility index (Phi) is 3.19. The van der Waals surface area contributed by atoms with Crippen LogP contribution in [-0.2, 0) is 0 Å². The third-order valence-electron chi connectivity index (χ3n) is 2.29.